The molecule has 1 aromatic heterocycles. The minimum atomic E-state index is -4.61. The fourth-order valence-electron chi connectivity index (χ4n) is 1.71. The van der Waals surface area contributed by atoms with Crippen LogP contribution in [0.2, 0.25) is 5.15 Å². The third kappa shape index (κ3) is 2.87. The summed E-state index contributed by atoms with van der Waals surface area (Å²) in [4.78, 5) is 6.77. The van der Waals surface area contributed by atoms with Gasteiger partial charge in [-0.05, 0) is 25.0 Å². The lowest BCUT2D eigenvalue weighted by Crippen LogP contribution is -2.11. The van der Waals surface area contributed by atoms with Gasteiger partial charge in [0.2, 0.25) is 5.82 Å². The van der Waals surface area contributed by atoms with Crippen LogP contribution in [-0.2, 0) is 6.18 Å². The fraction of sp³-hybridized carbons (Fsp3) is 0.231. The van der Waals surface area contributed by atoms with Crippen LogP contribution in [0.15, 0.2) is 24.3 Å². The Morgan fingerprint density at radius 2 is 1.79 bits per heavy atom. The summed E-state index contributed by atoms with van der Waals surface area (Å²) in [7, 11) is 0. The average molecular weight is 287 g/mol. The molecule has 1 aromatic carbocycles. The van der Waals surface area contributed by atoms with Gasteiger partial charge in [-0.2, -0.15) is 13.2 Å². The maximum atomic E-state index is 12.7. The molecule has 0 saturated carbocycles. The summed E-state index contributed by atoms with van der Waals surface area (Å²) < 4.78 is 38.0. The van der Waals surface area contributed by atoms with Gasteiger partial charge in [0.15, 0.2) is 0 Å². The van der Waals surface area contributed by atoms with Crippen molar-refractivity contribution in [3.05, 3.63) is 46.4 Å². The zero-order valence-electron chi connectivity index (χ0n) is 10.2. The van der Waals surface area contributed by atoms with E-state index in [4.69, 9.17) is 11.6 Å². The SMILES string of the molecule is Cc1cccc(-c2cc(Cl)nc(C(F)(F)F)n2)c1C. The van der Waals surface area contributed by atoms with Crippen LogP contribution in [0.4, 0.5) is 13.2 Å². The van der Waals surface area contributed by atoms with E-state index in [1.54, 1.807) is 12.1 Å². The molecule has 2 aromatic rings. The van der Waals surface area contributed by atoms with Crippen LogP contribution in [0.25, 0.3) is 11.3 Å². The zero-order valence-corrected chi connectivity index (χ0v) is 11.0. The van der Waals surface area contributed by atoms with Gasteiger partial charge in [0.1, 0.15) is 5.15 Å². The highest BCUT2D eigenvalue weighted by atomic mass is 35.5. The molecule has 2 rings (SSSR count). The Balaban J connectivity index is 2.63. The molecule has 0 unspecified atom stereocenters. The van der Waals surface area contributed by atoms with Crippen LogP contribution in [0.3, 0.4) is 0 Å². The molecule has 0 aliphatic carbocycles. The van der Waals surface area contributed by atoms with Crippen molar-refractivity contribution >= 4 is 11.6 Å². The molecule has 0 aliphatic heterocycles. The van der Waals surface area contributed by atoms with Gasteiger partial charge in [-0.25, -0.2) is 9.97 Å². The van der Waals surface area contributed by atoms with Gasteiger partial charge in [-0.3, -0.25) is 0 Å². The number of benzene rings is 1. The predicted molar refractivity (Wildman–Crippen MR) is 67.0 cm³/mol. The highest BCUT2D eigenvalue weighted by Gasteiger charge is 2.35. The monoisotopic (exact) mass is 286 g/mol. The van der Waals surface area contributed by atoms with Crippen molar-refractivity contribution in [3.8, 4) is 11.3 Å². The maximum Gasteiger partial charge on any atom is 0.451 e. The van der Waals surface area contributed by atoms with Gasteiger partial charge in [-0.1, -0.05) is 29.8 Å². The molecule has 0 radical (unpaired) electrons. The number of rotatable bonds is 1. The average Bonchev–Trinajstić information content (AvgIpc) is 2.31. The van der Waals surface area contributed by atoms with Crippen LogP contribution in [-0.4, -0.2) is 9.97 Å². The van der Waals surface area contributed by atoms with Gasteiger partial charge in [-0.15, -0.1) is 0 Å². The molecule has 1 heterocycles. The number of aryl methyl sites for hydroxylation is 1. The molecule has 0 fully saturated rings. The van der Waals surface area contributed by atoms with E-state index in [9.17, 15) is 13.2 Å². The van der Waals surface area contributed by atoms with Crippen molar-refractivity contribution in [2.24, 2.45) is 0 Å². The van der Waals surface area contributed by atoms with E-state index in [1.807, 2.05) is 19.9 Å². The third-order valence-electron chi connectivity index (χ3n) is 2.83. The topological polar surface area (TPSA) is 25.8 Å². The number of nitrogens with zero attached hydrogens (tertiary/aromatic N) is 2. The Morgan fingerprint density at radius 3 is 2.42 bits per heavy atom. The van der Waals surface area contributed by atoms with Crippen molar-refractivity contribution in [2.75, 3.05) is 0 Å². The van der Waals surface area contributed by atoms with Gasteiger partial charge in [0.25, 0.3) is 0 Å². The van der Waals surface area contributed by atoms with E-state index in [2.05, 4.69) is 9.97 Å². The van der Waals surface area contributed by atoms with E-state index in [0.717, 1.165) is 11.1 Å². The van der Waals surface area contributed by atoms with Gasteiger partial charge in [0.05, 0.1) is 5.69 Å². The lowest BCUT2D eigenvalue weighted by Gasteiger charge is -2.11. The van der Waals surface area contributed by atoms with Crippen LogP contribution in [0.5, 0.6) is 0 Å². The fourth-order valence-corrected chi connectivity index (χ4v) is 1.89. The first kappa shape index (κ1) is 13.8. The third-order valence-corrected chi connectivity index (χ3v) is 3.02. The molecular formula is C13H10ClF3N2. The Labute approximate surface area is 113 Å². The zero-order chi connectivity index (χ0) is 14.2. The number of hydrogen-bond donors (Lipinski definition) is 0. The Morgan fingerprint density at radius 1 is 1.11 bits per heavy atom. The molecule has 100 valence electrons. The standard InChI is InChI=1S/C13H10ClF3N2/c1-7-4-3-5-9(8(7)2)10-6-11(14)19-12(18-10)13(15,16)17/h3-6H,1-2H3. The van der Waals surface area contributed by atoms with E-state index >= 15 is 0 Å². The first-order valence-corrected chi connectivity index (χ1v) is 5.85. The normalized spacial score (nSPS) is 11.7. The Hall–Kier alpha value is -1.62. The molecule has 0 atom stereocenters. The number of halogens is 4. The molecule has 6 heteroatoms. The molecule has 0 spiro atoms. The summed E-state index contributed by atoms with van der Waals surface area (Å²) >= 11 is 5.65. The van der Waals surface area contributed by atoms with E-state index in [-0.39, 0.29) is 10.8 Å². The van der Waals surface area contributed by atoms with Crippen molar-refractivity contribution in [1.82, 2.24) is 9.97 Å². The molecule has 0 amide bonds. The molecule has 2 nitrogen and oxygen atoms in total. The van der Waals surface area contributed by atoms with Crippen molar-refractivity contribution in [2.45, 2.75) is 20.0 Å². The molecular weight excluding hydrogens is 277 g/mol. The summed E-state index contributed by atoms with van der Waals surface area (Å²) in [6.07, 6.45) is -4.61. The minimum absolute atomic E-state index is 0.175. The quantitative estimate of drug-likeness (QED) is 0.725. The second-order valence-electron chi connectivity index (χ2n) is 4.14. The van der Waals surface area contributed by atoms with Crippen LogP contribution < -0.4 is 0 Å². The smallest absolute Gasteiger partial charge is 0.224 e. The van der Waals surface area contributed by atoms with Crippen LogP contribution in [0.1, 0.15) is 17.0 Å². The summed E-state index contributed by atoms with van der Waals surface area (Å²) in [5.74, 6) is -1.23. The predicted octanol–water partition coefficient (Wildman–Crippen LogP) is 4.43. The first-order valence-electron chi connectivity index (χ1n) is 5.47. The van der Waals surface area contributed by atoms with Crippen LogP contribution >= 0.6 is 11.6 Å². The molecule has 0 aliphatic rings. The van der Waals surface area contributed by atoms with Gasteiger partial charge >= 0.3 is 6.18 Å². The van der Waals surface area contributed by atoms with E-state index in [0.29, 0.717) is 5.56 Å². The van der Waals surface area contributed by atoms with Crippen molar-refractivity contribution in [1.29, 1.82) is 0 Å². The molecule has 0 saturated heterocycles. The highest BCUT2D eigenvalue weighted by molar-refractivity contribution is 6.29. The van der Waals surface area contributed by atoms with Crippen LogP contribution in [0, 0.1) is 13.8 Å². The summed E-state index contributed by atoms with van der Waals surface area (Å²) in [5, 5.41) is -0.224. The molecule has 0 N–H and O–H groups in total. The lowest BCUT2D eigenvalue weighted by atomic mass is 10.0. The molecule has 0 bridgehead atoms. The number of hydrogen-bond acceptors (Lipinski definition) is 2. The summed E-state index contributed by atoms with van der Waals surface area (Å²) in [5.41, 5.74) is 2.63. The van der Waals surface area contributed by atoms with E-state index < -0.39 is 12.0 Å². The number of alkyl halides is 3. The molecule has 19 heavy (non-hydrogen) atoms. The Kier molecular flexibility index (Phi) is 3.49. The van der Waals surface area contributed by atoms with Gasteiger partial charge in [0, 0.05) is 11.6 Å². The number of aromatic nitrogens is 2. The lowest BCUT2D eigenvalue weighted by molar-refractivity contribution is -0.144. The van der Waals surface area contributed by atoms with E-state index in [1.165, 1.54) is 6.07 Å². The highest BCUT2D eigenvalue weighted by Crippen LogP contribution is 2.31. The minimum Gasteiger partial charge on any atom is -0.224 e. The second-order valence-corrected chi connectivity index (χ2v) is 4.53. The summed E-state index contributed by atoms with van der Waals surface area (Å²) in [6, 6.07) is 6.69. The van der Waals surface area contributed by atoms with Crippen molar-refractivity contribution in [3.63, 3.8) is 0 Å². The summed E-state index contributed by atoms with van der Waals surface area (Å²) in [6.45, 7) is 3.71. The van der Waals surface area contributed by atoms with Crippen molar-refractivity contribution < 1.29 is 13.2 Å². The largest absolute Gasteiger partial charge is 0.451 e. The maximum absolute atomic E-state index is 12.7. The first-order chi connectivity index (χ1) is 8.79. The second kappa shape index (κ2) is 4.81. The Bertz CT molecular complexity index is 624. The van der Waals surface area contributed by atoms with Gasteiger partial charge < -0.3 is 0 Å².